The summed E-state index contributed by atoms with van der Waals surface area (Å²) in [6, 6.07) is 13.6. The monoisotopic (exact) mass is 374 g/mol. The molecule has 0 aliphatic rings. The Morgan fingerprint density at radius 1 is 0.960 bits per heavy atom. The van der Waals surface area contributed by atoms with Crippen molar-refractivity contribution in [2.75, 3.05) is 0 Å². The molecule has 0 saturated heterocycles. The predicted octanol–water partition coefficient (Wildman–Crippen LogP) is 3.04. The minimum absolute atomic E-state index is 0.0446. The first-order valence-corrected chi connectivity index (χ1v) is 7.88. The van der Waals surface area contributed by atoms with E-state index in [4.69, 9.17) is 34.7 Å². The summed E-state index contributed by atoms with van der Waals surface area (Å²) in [5.74, 6) is -1.48. The minimum Gasteiger partial charge on any atom is -0.364 e. The molecule has 2 aromatic carbocycles. The second kappa shape index (κ2) is 6.58. The molecule has 4 N–H and O–H groups in total. The van der Waals surface area contributed by atoms with E-state index in [1.807, 2.05) is 12.1 Å². The molecular weight excluding hydrogens is 363 g/mol. The van der Waals surface area contributed by atoms with Crippen LogP contribution in [0.5, 0.6) is 0 Å². The van der Waals surface area contributed by atoms with Gasteiger partial charge in [0, 0.05) is 11.6 Å². The first-order chi connectivity index (χ1) is 11.9. The third kappa shape index (κ3) is 3.22. The van der Waals surface area contributed by atoms with Gasteiger partial charge in [0.05, 0.1) is 15.7 Å². The van der Waals surface area contributed by atoms with Gasteiger partial charge in [-0.3, -0.25) is 9.59 Å². The Morgan fingerprint density at radius 2 is 1.68 bits per heavy atom. The van der Waals surface area contributed by atoms with Gasteiger partial charge in [0.15, 0.2) is 5.69 Å². The van der Waals surface area contributed by atoms with Crippen LogP contribution in [-0.2, 0) is 0 Å². The van der Waals surface area contributed by atoms with E-state index in [0.29, 0.717) is 15.7 Å². The highest BCUT2D eigenvalue weighted by Crippen LogP contribution is 2.34. The third-order valence-electron chi connectivity index (χ3n) is 3.57. The molecule has 3 rings (SSSR count). The van der Waals surface area contributed by atoms with Gasteiger partial charge in [-0.15, -0.1) is 0 Å². The van der Waals surface area contributed by atoms with Crippen molar-refractivity contribution in [3.05, 3.63) is 70.0 Å². The van der Waals surface area contributed by atoms with Crippen molar-refractivity contribution in [2.45, 2.75) is 0 Å². The largest absolute Gasteiger partial charge is 0.364 e. The number of carbonyl (C=O) groups is 2. The number of nitrogens with zero attached hydrogens (tertiary/aromatic N) is 2. The Hall–Kier alpha value is -2.83. The molecule has 0 aliphatic carbocycles. The van der Waals surface area contributed by atoms with Gasteiger partial charge in [0.25, 0.3) is 11.8 Å². The number of halogens is 2. The molecule has 0 radical (unpaired) electrons. The van der Waals surface area contributed by atoms with E-state index < -0.39 is 11.8 Å². The van der Waals surface area contributed by atoms with Gasteiger partial charge in [-0.05, 0) is 23.8 Å². The van der Waals surface area contributed by atoms with Crippen molar-refractivity contribution >= 4 is 35.0 Å². The molecule has 1 aromatic heterocycles. The maximum atomic E-state index is 11.7. The fraction of sp³-hybridized carbons (Fsp3) is 0. The summed E-state index contributed by atoms with van der Waals surface area (Å²) in [6.45, 7) is 0. The second-order valence-corrected chi connectivity index (χ2v) is 5.99. The molecule has 0 spiro atoms. The number of amides is 2. The van der Waals surface area contributed by atoms with Gasteiger partial charge in [0.2, 0.25) is 0 Å². The van der Waals surface area contributed by atoms with Crippen LogP contribution >= 0.6 is 23.2 Å². The molecular formula is C17H12Cl2N4O2. The number of primary amides is 2. The van der Waals surface area contributed by atoms with Crippen molar-refractivity contribution in [1.82, 2.24) is 9.78 Å². The van der Waals surface area contributed by atoms with E-state index >= 15 is 0 Å². The average Bonchev–Trinajstić information content (AvgIpc) is 3.03. The zero-order chi connectivity index (χ0) is 18.1. The molecule has 0 aliphatic heterocycles. The summed E-state index contributed by atoms with van der Waals surface area (Å²) in [5, 5.41) is 4.90. The molecule has 0 fully saturated rings. The Morgan fingerprint density at radius 3 is 2.36 bits per heavy atom. The highest BCUT2D eigenvalue weighted by molar-refractivity contribution is 6.43. The summed E-state index contributed by atoms with van der Waals surface area (Å²) >= 11 is 12.3. The summed E-state index contributed by atoms with van der Waals surface area (Å²) in [6.07, 6.45) is 0. The molecule has 126 valence electrons. The number of rotatable bonds is 4. The molecule has 8 heteroatoms. The van der Waals surface area contributed by atoms with Crippen LogP contribution in [0, 0.1) is 0 Å². The van der Waals surface area contributed by atoms with Crippen LogP contribution in [0.25, 0.3) is 16.8 Å². The molecule has 2 amide bonds. The molecule has 3 aromatic rings. The van der Waals surface area contributed by atoms with E-state index in [1.54, 1.807) is 30.3 Å². The zero-order valence-corrected chi connectivity index (χ0v) is 14.3. The lowest BCUT2D eigenvalue weighted by atomic mass is 10.1. The van der Waals surface area contributed by atoms with Crippen molar-refractivity contribution in [3.63, 3.8) is 0 Å². The number of carbonyl (C=O) groups excluding carboxylic acids is 2. The topological polar surface area (TPSA) is 104 Å². The van der Waals surface area contributed by atoms with Crippen LogP contribution < -0.4 is 11.5 Å². The summed E-state index contributed by atoms with van der Waals surface area (Å²) in [4.78, 5) is 23.0. The number of benzene rings is 2. The summed E-state index contributed by atoms with van der Waals surface area (Å²) in [5.41, 5.74) is 12.6. The Bertz CT molecular complexity index is 998. The van der Waals surface area contributed by atoms with Gasteiger partial charge in [-0.2, -0.15) is 5.10 Å². The van der Waals surface area contributed by atoms with Crippen molar-refractivity contribution in [3.8, 4) is 16.8 Å². The molecule has 0 atom stereocenters. The first-order valence-electron chi connectivity index (χ1n) is 7.13. The minimum atomic E-state index is -0.754. The Balaban J connectivity index is 2.16. The van der Waals surface area contributed by atoms with E-state index in [1.165, 1.54) is 10.7 Å². The van der Waals surface area contributed by atoms with Crippen LogP contribution in [0.3, 0.4) is 0 Å². The number of hydrogen-bond acceptors (Lipinski definition) is 3. The van der Waals surface area contributed by atoms with Crippen LogP contribution in [0.15, 0.2) is 48.5 Å². The van der Waals surface area contributed by atoms with Crippen LogP contribution in [-0.4, -0.2) is 21.6 Å². The number of aromatic nitrogens is 2. The van der Waals surface area contributed by atoms with E-state index in [-0.39, 0.29) is 11.4 Å². The van der Waals surface area contributed by atoms with Gasteiger partial charge in [0.1, 0.15) is 5.69 Å². The van der Waals surface area contributed by atoms with Crippen LogP contribution in [0.2, 0.25) is 10.0 Å². The number of nitrogens with two attached hydrogens (primary N) is 2. The zero-order valence-electron chi connectivity index (χ0n) is 12.7. The molecule has 0 bridgehead atoms. The fourth-order valence-corrected chi connectivity index (χ4v) is 2.82. The third-order valence-corrected chi connectivity index (χ3v) is 4.39. The van der Waals surface area contributed by atoms with Crippen LogP contribution in [0.4, 0.5) is 0 Å². The quantitative estimate of drug-likeness (QED) is 0.732. The number of hydrogen-bond donors (Lipinski definition) is 2. The molecule has 0 unspecified atom stereocenters. The molecule has 6 nitrogen and oxygen atoms in total. The van der Waals surface area contributed by atoms with Crippen molar-refractivity contribution in [1.29, 1.82) is 0 Å². The fourth-order valence-electron chi connectivity index (χ4n) is 2.41. The van der Waals surface area contributed by atoms with E-state index in [9.17, 15) is 9.59 Å². The van der Waals surface area contributed by atoms with Crippen molar-refractivity contribution in [2.24, 2.45) is 11.5 Å². The van der Waals surface area contributed by atoms with Gasteiger partial charge < -0.3 is 11.5 Å². The lowest BCUT2D eigenvalue weighted by Crippen LogP contribution is -2.16. The first kappa shape index (κ1) is 17.0. The molecule has 25 heavy (non-hydrogen) atoms. The molecule has 0 saturated carbocycles. The van der Waals surface area contributed by atoms with Crippen LogP contribution in [0.1, 0.15) is 21.0 Å². The van der Waals surface area contributed by atoms with Crippen molar-refractivity contribution < 1.29 is 9.59 Å². The molecule has 1 heterocycles. The summed E-state index contributed by atoms with van der Waals surface area (Å²) in [7, 11) is 0. The van der Waals surface area contributed by atoms with E-state index in [0.717, 1.165) is 11.1 Å². The maximum absolute atomic E-state index is 11.7. The average molecular weight is 375 g/mol. The normalized spacial score (nSPS) is 10.6. The second-order valence-electron chi connectivity index (χ2n) is 5.21. The standard InChI is InChI=1S/C17H12Cl2N4O2/c18-12-6-2-5-11(15(12)19)9-3-1-4-10(7-9)23-14(17(21)25)8-13(22-23)16(20)24/h1-8H,(H2,20,24)(H2,21,25). The SMILES string of the molecule is NC(=O)c1cc(C(N)=O)n(-c2cccc(-c3cccc(Cl)c3Cl)c2)n1. The Kier molecular flexibility index (Phi) is 4.48. The highest BCUT2D eigenvalue weighted by Gasteiger charge is 2.17. The lowest BCUT2D eigenvalue weighted by Gasteiger charge is -2.10. The highest BCUT2D eigenvalue weighted by atomic mass is 35.5. The predicted molar refractivity (Wildman–Crippen MR) is 96.1 cm³/mol. The maximum Gasteiger partial charge on any atom is 0.269 e. The van der Waals surface area contributed by atoms with Gasteiger partial charge >= 0.3 is 0 Å². The lowest BCUT2D eigenvalue weighted by molar-refractivity contribution is 0.0986. The van der Waals surface area contributed by atoms with E-state index in [2.05, 4.69) is 5.10 Å². The van der Waals surface area contributed by atoms with Gasteiger partial charge in [-0.1, -0.05) is 47.5 Å². The Labute approximate surface area is 152 Å². The summed E-state index contributed by atoms with van der Waals surface area (Å²) < 4.78 is 1.27. The smallest absolute Gasteiger partial charge is 0.269 e. The van der Waals surface area contributed by atoms with Gasteiger partial charge in [-0.25, -0.2) is 4.68 Å².